The maximum atomic E-state index is 9.09. The summed E-state index contributed by atoms with van der Waals surface area (Å²) in [4.78, 5) is 8.22. The number of halogens is 5. The van der Waals surface area contributed by atoms with Crippen molar-refractivity contribution in [1.29, 1.82) is 10.5 Å². The van der Waals surface area contributed by atoms with Crippen LogP contribution >= 0.6 is 56.2 Å². The molecule has 0 radical (unpaired) electrons. The first kappa shape index (κ1) is 28.0. The van der Waals surface area contributed by atoms with Crippen molar-refractivity contribution in [1.82, 2.24) is 9.97 Å². The summed E-state index contributed by atoms with van der Waals surface area (Å²) in [6.45, 7) is -0.100. The van der Waals surface area contributed by atoms with Gasteiger partial charge in [0.25, 0.3) is 0 Å². The van der Waals surface area contributed by atoms with Crippen LogP contribution in [0.15, 0.2) is 48.8 Å². The lowest BCUT2D eigenvalue weighted by Crippen LogP contribution is -1.89. The van der Waals surface area contributed by atoms with Gasteiger partial charge in [-0.1, -0.05) is 23.2 Å². The van der Waals surface area contributed by atoms with E-state index >= 15 is 0 Å². The minimum absolute atomic E-state index is 0.100. The summed E-state index contributed by atoms with van der Waals surface area (Å²) < 4.78 is 9.09. The number of nitrogens with zero attached hydrogens (tertiary/aromatic N) is 4. The number of hydrogen-bond acceptors (Lipinski definition) is 6. The summed E-state index contributed by atoms with van der Waals surface area (Å²) in [6.07, 6.45) is 3.04. The van der Waals surface area contributed by atoms with Crippen LogP contribution in [0.25, 0.3) is 21.8 Å². The lowest BCUT2D eigenvalue weighted by molar-refractivity contribution is 0.282. The van der Waals surface area contributed by atoms with Crippen LogP contribution in [0.3, 0.4) is 0 Å². The maximum Gasteiger partial charge on any atom is 0.211 e. The highest BCUT2D eigenvalue weighted by Crippen LogP contribution is 2.23. The van der Waals surface area contributed by atoms with Gasteiger partial charge in [0.05, 0.1) is 38.8 Å². The number of pyridine rings is 2. The number of hydrogen-bond donors (Lipinski definition) is 1. The molecule has 0 atom stereocenters. The van der Waals surface area contributed by atoms with Gasteiger partial charge in [0.2, 0.25) is 9.23 Å². The molecule has 0 aliphatic carbocycles. The Morgan fingerprint density at radius 3 is 1.62 bits per heavy atom. The molecule has 12 heteroatoms. The van der Waals surface area contributed by atoms with Crippen molar-refractivity contribution in [2.24, 2.45) is 0 Å². The maximum absolute atomic E-state index is 9.09. The zero-order chi connectivity index (χ0) is 25.3. The third-order valence-electron chi connectivity index (χ3n) is 4.20. The molecule has 6 nitrogen and oxygen atoms in total. The molecule has 1 N–H and O–H groups in total. The molecule has 0 aliphatic heterocycles. The fourth-order valence-corrected chi connectivity index (χ4v) is 3.40. The zero-order valence-corrected chi connectivity index (χ0v) is 21.6. The molecule has 0 saturated carbocycles. The van der Waals surface area contributed by atoms with E-state index in [1.165, 1.54) is 12.4 Å². The van der Waals surface area contributed by atoms with E-state index in [4.69, 9.17) is 54.6 Å². The second-order valence-corrected chi connectivity index (χ2v) is 10.1. The van der Waals surface area contributed by atoms with Crippen LogP contribution in [0.5, 0.6) is 0 Å². The van der Waals surface area contributed by atoms with E-state index in [-0.39, 0.29) is 6.61 Å². The molecule has 0 bridgehead atoms. The van der Waals surface area contributed by atoms with E-state index in [0.29, 0.717) is 43.6 Å². The van der Waals surface area contributed by atoms with E-state index < -0.39 is 9.23 Å². The monoisotopic (exact) mass is 572 g/mol. The highest BCUT2D eigenvalue weighted by atomic mass is 36.0. The predicted octanol–water partition coefficient (Wildman–Crippen LogP) is 6.79. The van der Waals surface area contributed by atoms with Crippen molar-refractivity contribution in [3.05, 3.63) is 81.1 Å². The molecular weight excluding hydrogens is 562 g/mol. The van der Waals surface area contributed by atoms with Crippen LogP contribution in [0.1, 0.15) is 22.3 Å². The topological polar surface area (TPSA) is 111 Å². The smallest absolute Gasteiger partial charge is 0.211 e. The second-order valence-electron chi connectivity index (χ2n) is 6.44. The Balaban J connectivity index is 0.000000208. The highest BCUT2D eigenvalue weighted by molar-refractivity contribution is 8.26. The van der Waals surface area contributed by atoms with Crippen molar-refractivity contribution in [3.63, 3.8) is 0 Å². The van der Waals surface area contributed by atoms with Crippen molar-refractivity contribution in [2.45, 2.75) is 12.5 Å². The number of aromatic nitrogens is 2. The van der Waals surface area contributed by atoms with Gasteiger partial charge in [0.1, 0.15) is 12.1 Å². The van der Waals surface area contributed by atoms with E-state index in [9.17, 15) is 0 Å². The largest absolute Gasteiger partial charge is 0.392 e. The number of aliphatic hydroxyl groups excluding tert-OH is 1. The summed E-state index contributed by atoms with van der Waals surface area (Å²) in [6, 6.07) is 14.7. The van der Waals surface area contributed by atoms with Crippen LogP contribution in [0.4, 0.5) is 0 Å². The third kappa shape index (κ3) is 7.94. The molecule has 0 amide bonds. The average Bonchev–Trinajstić information content (AvgIpc) is 2.81. The number of alkyl halides is 1. The Morgan fingerprint density at radius 2 is 1.24 bits per heavy atom. The summed E-state index contributed by atoms with van der Waals surface area (Å²) in [5.41, 5.74) is 3.83. The quantitative estimate of drug-likeness (QED) is 0.208. The van der Waals surface area contributed by atoms with Gasteiger partial charge < -0.3 is 5.11 Å². The molecule has 2 heterocycles. The average molecular weight is 575 g/mol. The minimum atomic E-state index is -1.67. The third-order valence-corrected chi connectivity index (χ3v) is 4.92. The molecule has 0 aliphatic rings. The van der Waals surface area contributed by atoms with Crippen LogP contribution in [0, 0.1) is 22.7 Å². The molecule has 4 rings (SSSR count). The van der Waals surface area contributed by atoms with Crippen LogP contribution in [-0.2, 0) is 21.7 Å². The summed E-state index contributed by atoms with van der Waals surface area (Å²) in [7, 11) is 7.36. The number of nitriles is 2. The highest BCUT2D eigenvalue weighted by Gasteiger charge is 2.06. The fraction of sp³-hybridized carbons (Fsp3) is 0.0909. The van der Waals surface area contributed by atoms with E-state index in [2.05, 4.69) is 37.4 Å². The molecule has 0 saturated heterocycles. The molecule has 174 valence electrons. The molecule has 0 unspecified atom stereocenters. The minimum Gasteiger partial charge on any atom is -0.392 e. The Morgan fingerprint density at radius 1 is 0.824 bits per heavy atom. The first-order valence-corrected chi connectivity index (χ1v) is 13.2. The number of benzene rings is 2. The van der Waals surface area contributed by atoms with Crippen molar-refractivity contribution in [2.75, 3.05) is 0 Å². The normalized spacial score (nSPS) is 10.0. The molecule has 0 spiro atoms. The summed E-state index contributed by atoms with van der Waals surface area (Å²) >= 11 is 17.4. The van der Waals surface area contributed by atoms with E-state index in [1.807, 2.05) is 12.1 Å². The van der Waals surface area contributed by atoms with Crippen LogP contribution in [0.2, 0.25) is 10.0 Å². The van der Waals surface area contributed by atoms with Crippen molar-refractivity contribution in [3.8, 4) is 12.1 Å². The lowest BCUT2D eigenvalue weighted by atomic mass is 10.1. The molecular formula is C22H13Cl5N4O2S. The van der Waals surface area contributed by atoms with Gasteiger partial charge in [-0.3, -0.25) is 9.97 Å². The SMILES string of the molecule is N#Cc1cc(CCl)cc2cc(Cl)cnc12.N#Cc1cc(CO)cc2cc(Cl)cnc12.O=S(Cl)Cl. The summed E-state index contributed by atoms with van der Waals surface area (Å²) in [5, 5.41) is 29.6. The Hall–Kier alpha value is -2.20. The molecule has 0 fully saturated rings. The first-order chi connectivity index (χ1) is 16.2. The van der Waals surface area contributed by atoms with E-state index in [0.717, 1.165) is 16.3 Å². The molecule has 2 aromatic carbocycles. The standard InChI is InChI=1S/C11H6Cl2N2.C11H7ClN2O.Cl2OS/c12-4-7-1-8-3-10(13)6-15-11(8)9(2-7)5-14;12-10-3-8-1-7(6-15)2-9(4-13)11(8)14-5-10;1-4(2)3/h1-3,6H,4H2;1-3,5,15H,6H2;. The molecule has 4 aromatic rings. The van der Waals surface area contributed by atoms with Crippen molar-refractivity contribution < 1.29 is 9.32 Å². The van der Waals surface area contributed by atoms with Crippen molar-refractivity contribution >= 4 is 87.2 Å². The number of fused-ring (bicyclic) bond motifs is 2. The number of aliphatic hydroxyl groups is 1. The van der Waals surface area contributed by atoms with Gasteiger partial charge in [-0.15, -0.1) is 11.6 Å². The van der Waals surface area contributed by atoms with Crippen LogP contribution < -0.4 is 0 Å². The number of rotatable bonds is 2. The first-order valence-electron chi connectivity index (χ1n) is 9.10. The Kier molecular flexibility index (Phi) is 11.2. The van der Waals surface area contributed by atoms with E-state index in [1.54, 1.807) is 30.3 Å². The van der Waals surface area contributed by atoms with Gasteiger partial charge in [0, 0.05) is 50.4 Å². The molecule has 2 aromatic heterocycles. The van der Waals surface area contributed by atoms with Crippen LogP contribution in [-0.4, -0.2) is 19.3 Å². The fourth-order valence-electron chi connectivity index (χ4n) is 2.91. The zero-order valence-electron chi connectivity index (χ0n) is 17.0. The summed E-state index contributed by atoms with van der Waals surface area (Å²) in [5.74, 6) is 0.372. The van der Waals surface area contributed by atoms with Gasteiger partial charge in [0.15, 0.2) is 0 Å². The van der Waals surface area contributed by atoms with Gasteiger partial charge in [-0.25, -0.2) is 4.21 Å². The van der Waals surface area contributed by atoms with Gasteiger partial charge in [-0.2, -0.15) is 10.5 Å². The Bertz CT molecular complexity index is 1330. The van der Waals surface area contributed by atoms with Gasteiger partial charge >= 0.3 is 0 Å². The Labute approximate surface area is 221 Å². The lowest BCUT2D eigenvalue weighted by Gasteiger charge is -2.03. The second kappa shape index (κ2) is 13.6. The van der Waals surface area contributed by atoms with Gasteiger partial charge in [-0.05, 0) is 47.5 Å². The molecule has 34 heavy (non-hydrogen) atoms. The predicted molar refractivity (Wildman–Crippen MR) is 138 cm³/mol.